The summed E-state index contributed by atoms with van der Waals surface area (Å²) in [5.74, 6) is 0.813. The van der Waals surface area contributed by atoms with Crippen molar-refractivity contribution in [2.75, 3.05) is 7.05 Å². The number of nitrogens with zero attached hydrogens (tertiary/aromatic N) is 3. The van der Waals surface area contributed by atoms with Gasteiger partial charge in [0.15, 0.2) is 5.82 Å². The van der Waals surface area contributed by atoms with Crippen molar-refractivity contribution in [3.05, 3.63) is 17.2 Å². The fraction of sp³-hybridized carbons (Fsp3) is 0.700. The summed E-state index contributed by atoms with van der Waals surface area (Å²) in [7, 11) is 1.91. The van der Waals surface area contributed by atoms with E-state index in [9.17, 15) is 0 Å². The van der Waals surface area contributed by atoms with Gasteiger partial charge >= 0.3 is 0 Å². The van der Waals surface area contributed by atoms with Gasteiger partial charge in [-0.1, -0.05) is 0 Å². The number of fused-ring (bicyclic) bond motifs is 1. The van der Waals surface area contributed by atoms with Crippen LogP contribution in [-0.4, -0.2) is 22.2 Å². The second-order valence-corrected chi connectivity index (χ2v) is 3.78. The first-order chi connectivity index (χ1) is 6.81. The molecule has 0 aromatic carbocycles. The zero-order valence-corrected chi connectivity index (χ0v) is 8.75. The third-order valence-corrected chi connectivity index (χ3v) is 2.75. The SMILES string of the molecule is CNC(C)c1nnc2c(n1)CCCC2. The van der Waals surface area contributed by atoms with Gasteiger partial charge in [-0.3, -0.25) is 0 Å². The van der Waals surface area contributed by atoms with Gasteiger partial charge in [0.05, 0.1) is 17.4 Å². The highest BCUT2D eigenvalue weighted by atomic mass is 15.2. The second kappa shape index (κ2) is 4.00. The van der Waals surface area contributed by atoms with Crippen LogP contribution in [-0.2, 0) is 12.8 Å². The molecule has 0 saturated carbocycles. The monoisotopic (exact) mass is 192 g/mol. The van der Waals surface area contributed by atoms with Crippen molar-refractivity contribution in [2.45, 2.75) is 38.6 Å². The van der Waals surface area contributed by atoms with Gasteiger partial charge < -0.3 is 5.32 Å². The highest BCUT2D eigenvalue weighted by Crippen LogP contribution is 2.17. The molecular weight excluding hydrogens is 176 g/mol. The minimum atomic E-state index is 0.190. The van der Waals surface area contributed by atoms with E-state index in [1.807, 2.05) is 14.0 Å². The standard InChI is InChI=1S/C10H16N4/c1-7(11-2)10-12-8-5-3-4-6-9(8)13-14-10/h7,11H,3-6H2,1-2H3. The Hall–Kier alpha value is -1.03. The molecule has 14 heavy (non-hydrogen) atoms. The van der Waals surface area contributed by atoms with Crippen LogP contribution < -0.4 is 5.32 Å². The Balaban J connectivity index is 2.29. The molecule has 1 heterocycles. The van der Waals surface area contributed by atoms with Gasteiger partial charge in [0.1, 0.15) is 0 Å². The van der Waals surface area contributed by atoms with Gasteiger partial charge in [0, 0.05) is 0 Å². The first-order valence-corrected chi connectivity index (χ1v) is 5.21. The van der Waals surface area contributed by atoms with Gasteiger partial charge in [0.25, 0.3) is 0 Å². The molecule has 4 nitrogen and oxygen atoms in total. The van der Waals surface area contributed by atoms with Crippen molar-refractivity contribution in [3.8, 4) is 0 Å². The lowest BCUT2D eigenvalue weighted by Gasteiger charge is -2.15. The summed E-state index contributed by atoms with van der Waals surface area (Å²) in [6.07, 6.45) is 4.57. The van der Waals surface area contributed by atoms with Crippen LogP contribution in [0.25, 0.3) is 0 Å². The molecule has 0 spiro atoms. The molecule has 0 fully saturated rings. The van der Waals surface area contributed by atoms with Crippen LogP contribution in [0.15, 0.2) is 0 Å². The van der Waals surface area contributed by atoms with Gasteiger partial charge in [-0.2, -0.15) is 5.10 Å². The summed E-state index contributed by atoms with van der Waals surface area (Å²) < 4.78 is 0. The molecule has 0 saturated heterocycles. The Bertz CT molecular complexity index is 324. The number of hydrogen-bond acceptors (Lipinski definition) is 4. The molecule has 1 aromatic rings. The fourth-order valence-corrected chi connectivity index (χ4v) is 1.69. The predicted molar refractivity (Wildman–Crippen MR) is 53.9 cm³/mol. The molecule has 1 atom stereocenters. The van der Waals surface area contributed by atoms with Gasteiger partial charge in [0.2, 0.25) is 0 Å². The summed E-state index contributed by atoms with van der Waals surface area (Å²) >= 11 is 0. The first-order valence-electron chi connectivity index (χ1n) is 5.21. The summed E-state index contributed by atoms with van der Waals surface area (Å²) in [6, 6.07) is 0.190. The van der Waals surface area contributed by atoms with Crippen LogP contribution in [0.3, 0.4) is 0 Å². The Morgan fingerprint density at radius 2 is 1.86 bits per heavy atom. The maximum atomic E-state index is 4.55. The molecule has 0 radical (unpaired) electrons. The summed E-state index contributed by atoms with van der Waals surface area (Å²) in [6.45, 7) is 2.05. The van der Waals surface area contributed by atoms with Crippen molar-refractivity contribution in [1.82, 2.24) is 20.5 Å². The Morgan fingerprint density at radius 3 is 2.57 bits per heavy atom. The third kappa shape index (κ3) is 1.75. The molecule has 76 valence electrons. The highest BCUT2D eigenvalue weighted by molar-refractivity contribution is 5.14. The van der Waals surface area contributed by atoms with Gasteiger partial charge in [-0.05, 0) is 39.7 Å². The Morgan fingerprint density at radius 1 is 1.14 bits per heavy atom. The van der Waals surface area contributed by atoms with Crippen LogP contribution in [0, 0.1) is 0 Å². The first kappa shape index (κ1) is 9.52. The maximum Gasteiger partial charge on any atom is 0.167 e. The molecule has 1 aliphatic rings. The van der Waals surface area contributed by atoms with Crippen molar-refractivity contribution in [3.63, 3.8) is 0 Å². The summed E-state index contributed by atoms with van der Waals surface area (Å²) in [5, 5.41) is 11.5. The van der Waals surface area contributed by atoms with E-state index in [-0.39, 0.29) is 6.04 Å². The van der Waals surface area contributed by atoms with E-state index < -0.39 is 0 Å². The number of nitrogens with one attached hydrogen (secondary N) is 1. The van der Waals surface area contributed by atoms with E-state index in [1.165, 1.54) is 12.8 Å². The highest BCUT2D eigenvalue weighted by Gasteiger charge is 2.15. The van der Waals surface area contributed by atoms with E-state index >= 15 is 0 Å². The predicted octanol–water partition coefficient (Wildman–Crippen LogP) is 1.03. The average molecular weight is 192 g/mol. The van der Waals surface area contributed by atoms with Crippen molar-refractivity contribution in [1.29, 1.82) is 0 Å². The smallest absolute Gasteiger partial charge is 0.167 e. The van der Waals surface area contributed by atoms with E-state index in [1.54, 1.807) is 0 Å². The third-order valence-electron chi connectivity index (χ3n) is 2.75. The van der Waals surface area contributed by atoms with Crippen molar-refractivity contribution < 1.29 is 0 Å². The molecule has 1 unspecified atom stereocenters. The molecule has 1 N–H and O–H groups in total. The van der Waals surface area contributed by atoms with E-state index in [4.69, 9.17) is 0 Å². The van der Waals surface area contributed by atoms with Gasteiger partial charge in [-0.25, -0.2) is 4.98 Å². The molecule has 0 bridgehead atoms. The van der Waals surface area contributed by atoms with Crippen LogP contribution in [0.5, 0.6) is 0 Å². The minimum absolute atomic E-state index is 0.190. The zero-order valence-electron chi connectivity index (χ0n) is 8.75. The average Bonchev–Trinajstić information content (AvgIpc) is 2.27. The van der Waals surface area contributed by atoms with E-state index in [0.717, 1.165) is 30.1 Å². The Labute approximate surface area is 84.2 Å². The fourth-order valence-electron chi connectivity index (χ4n) is 1.69. The maximum absolute atomic E-state index is 4.55. The Kier molecular flexibility index (Phi) is 2.72. The van der Waals surface area contributed by atoms with Crippen LogP contribution in [0.1, 0.15) is 43.0 Å². The number of hydrogen-bond donors (Lipinski definition) is 1. The number of aryl methyl sites for hydroxylation is 2. The van der Waals surface area contributed by atoms with Crippen molar-refractivity contribution in [2.24, 2.45) is 0 Å². The van der Waals surface area contributed by atoms with E-state index in [2.05, 4.69) is 20.5 Å². The zero-order chi connectivity index (χ0) is 9.97. The summed E-state index contributed by atoms with van der Waals surface area (Å²) in [5.41, 5.74) is 2.26. The van der Waals surface area contributed by atoms with Crippen molar-refractivity contribution >= 4 is 0 Å². The molecule has 4 heteroatoms. The minimum Gasteiger partial charge on any atom is -0.311 e. The number of aromatic nitrogens is 3. The number of rotatable bonds is 2. The molecule has 1 aliphatic carbocycles. The van der Waals surface area contributed by atoms with Crippen LogP contribution in [0.4, 0.5) is 0 Å². The second-order valence-electron chi connectivity index (χ2n) is 3.78. The molecule has 1 aromatic heterocycles. The molecule has 0 amide bonds. The lowest BCUT2D eigenvalue weighted by Crippen LogP contribution is -2.19. The van der Waals surface area contributed by atoms with Crippen LogP contribution in [0.2, 0.25) is 0 Å². The quantitative estimate of drug-likeness (QED) is 0.760. The largest absolute Gasteiger partial charge is 0.311 e. The van der Waals surface area contributed by atoms with Gasteiger partial charge in [-0.15, -0.1) is 5.10 Å². The van der Waals surface area contributed by atoms with Crippen LogP contribution >= 0.6 is 0 Å². The van der Waals surface area contributed by atoms with E-state index in [0.29, 0.717) is 0 Å². The summed E-state index contributed by atoms with van der Waals surface area (Å²) in [4.78, 5) is 4.55. The lowest BCUT2D eigenvalue weighted by atomic mass is 10.0. The topological polar surface area (TPSA) is 50.7 Å². The molecule has 2 rings (SSSR count). The molecular formula is C10H16N4. The lowest BCUT2D eigenvalue weighted by molar-refractivity contribution is 0.561. The molecule has 0 aliphatic heterocycles. The normalized spacial score (nSPS) is 17.6.